The number of para-hydroxylation sites is 1. The van der Waals surface area contributed by atoms with E-state index < -0.39 is 11.8 Å². The fourth-order valence-electron chi connectivity index (χ4n) is 7.95. The molecule has 0 unspecified atom stereocenters. The Bertz CT molecular complexity index is 1020. The van der Waals surface area contributed by atoms with Crippen LogP contribution < -0.4 is 0 Å². The van der Waals surface area contributed by atoms with Gasteiger partial charge >= 0.3 is 5.97 Å². The van der Waals surface area contributed by atoms with Gasteiger partial charge in [-0.2, -0.15) is 0 Å². The number of carbonyl (C=O) groups excluding carboxylic acids is 1. The Hall–Kier alpha value is -2.14. The smallest absolute Gasteiger partial charge is 0.377 e. The number of nitrogens with zero attached hydrogens (tertiary/aromatic N) is 2. The van der Waals surface area contributed by atoms with Crippen LogP contribution >= 0.6 is 0 Å². The molecule has 0 radical (unpaired) electrons. The van der Waals surface area contributed by atoms with Crippen LogP contribution in [-0.4, -0.2) is 44.5 Å². The monoisotopic (exact) mass is 434 g/mol. The van der Waals surface area contributed by atoms with Gasteiger partial charge in [0.1, 0.15) is 0 Å². The molecule has 4 fully saturated rings. The zero-order valence-electron chi connectivity index (χ0n) is 18.8. The van der Waals surface area contributed by atoms with E-state index in [2.05, 4.69) is 9.47 Å². The Morgan fingerprint density at radius 3 is 2.12 bits per heavy atom. The van der Waals surface area contributed by atoms with Crippen LogP contribution in [0.5, 0.6) is 0 Å². The molecule has 1 aromatic carbocycles. The van der Waals surface area contributed by atoms with Gasteiger partial charge in [-0.3, -0.25) is 9.69 Å². The van der Waals surface area contributed by atoms with Crippen molar-refractivity contribution in [2.24, 2.45) is 11.8 Å². The minimum atomic E-state index is -1.37. The predicted molar refractivity (Wildman–Crippen MR) is 124 cm³/mol. The highest BCUT2D eigenvalue weighted by molar-refractivity contribution is 6.42. The summed E-state index contributed by atoms with van der Waals surface area (Å²) in [5.74, 6) is -0.276. The van der Waals surface area contributed by atoms with E-state index in [1.54, 1.807) is 0 Å². The first-order chi connectivity index (χ1) is 15.6. The molecule has 5 nitrogen and oxygen atoms in total. The highest BCUT2D eigenvalue weighted by Gasteiger charge is 2.45. The summed E-state index contributed by atoms with van der Waals surface area (Å²) in [7, 11) is 0. The molecule has 0 spiro atoms. The number of Topliss-reactive ketones (excluding diaryl/α,β-unsaturated/α-hetero) is 1. The third-order valence-electron chi connectivity index (χ3n) is 9.10. The molecule has 4 aliphatic rings. The lowest BCUT2D eigenvalue weighted by molar-refractivity contribution is -0.131. The molecule has 2 aliphatic carbocycles. The molecule has 4 bridgehead atoms. The van der Waals surface area contributed by atoms with Crippen molar-refractivity contribution in [1.29, 1.82) is 0 Å². The summed E-state index contributed by atoms with van der Waals surface area (Å²) in [6.45, 7) is 0. The molecule has 2 aromatic rings. The number of ketones is 1. The summed E-state index contributed by atoms with van der Waals surface area (Å²) in [5, 5.41) is 10.1. The van der Waals surface area contributed by atoms with E-state index in [0.717, 1.165) is 41.6 Å². The van der Waals surface area contributed by atoms with E-state index in [4.69, 9.17) is 0 Å². The number of carbonyl (C=O) groups is 2. The van der Waals surface area contributed by atoms with Gasteiger partial charge in [-0.25, -0.2) is 4.79 Å². The molecular formula is C27H34N2O3. The Morgan fingerprint density at radius 1 is 0.781 bits per heavy atom. The van der Waals surface area contributed by atoms with Gasteiger partial charge in [0.25, 0.3) is 5.78 Å². The number of aromatic nitrogens is 1. The summed E-state index contributed by atoms with van der Waals surface area (Å²) in [5.41, 5.74) is 1.33. The van der Waals surface area contributed by atoms with E-state index in [0.29, 0.717) is 23.7 Å². The first-order valence-electron chi connectivity index (χ1n) is 12.7. The lowest BCUT2D eigenvalue weighted by Crippen LogP contribution is -2.58. The molecule has 170 valence electrons. The van der Waals surface area contributed by atoms with Crippen molar-refractivity contribution < 1.29 is 14.7 Å². The van der Waals surface area contributed by atoms with Crippen molar-refractivity contribution in [2.75, 3.05) is 0 Å². The number of aliphatic carboxylic acids is 1. The van der Waals surface area contributed by atoms with Crippen molar-refractivity contribution in [3.63, 3.8) is 0 Å². The van der Waals surface area contributed by atoms with Crippen LogP contribution in [0.4, 0.5) is 0 Å². The fourth-order valence-corrected chi connectivity index (χ4v) is 7.95. The second-order valence-electron chi connectivity index (χ2n) is 10.9. The molecule has 3 heterocycles. The van der Waals surface area contributed by atoms with Crippen LogP contribution in [0, 0.1) is 11.8 Å². The van der Waals surface area contributed by atoms with Crippen LogP contribution in [0.1, 0.15) is 87.0 Å². The average Bonchev–Trinajstić information content (AvgIpc) is 3.17. The molecule has 2 saturated heterocycles. The first kappa shape index (κ1) is 20.5. The molecule has 2 aliphatic heterocycles. The predicted octanol–water partition coefficient (Wildman–Crippen LogP) is 5.44. The largest absolute Gasteiger partial charge is 0.475 e. The third kappa shape index (κ3) is 3.40. The second kappa shape index (κ2) is 8.02. The highest BCUT2D eigenvalue weighted by atomic mass is 16.4. The molecule has 1 aromatic heterocycles. The van der Waals surface area contributed by atoms with Crippen LogP contribution in [0.25, 0.3) is 10.9 Å². The number of hydrogen-bond acceptors (Lipinski definition) is 3. The average molecular weight is 435 g/mol. The maximum Gasteiger partial charge on any atom is 0.377 e. The van der Waals surface area contributed by atoms with Crippen LogP contribution in [-0.2, 0) is 4.79 Å². The number of fused-ring (bicyclic) bond motifs is 5. The fraction of sp³-hybridized carbons (Fsp3) is 0.630. The Balaban J connectivity index is 1.30. The lowest BCUT2D eigenvalue weighted by atomic mass is 9.68. The molecule has 6 rings (SSSR count). The van der Waals surface area contributed by atoms with E-state index in [-0.39, 0.29) is 0 Å². The number of hydrogen-bond donors (Lipinski definition) is 1. The number of carboxylic acid groups (broad SMARTS) is 1. The lowest BCUT2D eigenvalue weighted by Gasteiger charge is -2.55. The summed E-state index contributed by atoms with van der Waals surface area (Å²) >= 11 is 0. The quantitative estimate of drug-likeness (QED) is 0.514. The van der Waals surface area contributed by atoms with E-state index in [1.165, 1.54) is 57.8 Å². The minimum Gasteiger partial charge on any atom is -0.475 e. The van der Waals surface area contributed by atoms with Crippen LogP contribution in [0.2, 0.25) is 0 Å². The van der Waals surface area contributed by atoms with E-state index in [9.17, 15) is 14.7 Å². The maximum absolute atomic E-state index is 12.4. The Kier molecular flexibility index (Phi) is 5.13. The van der Waals surface area contributed by atoms with Gasteiger partial charge in [0.05, 0.1) is 5.56 Å². The number of carboxylic acids is 1. The van der Waals surface area contributed by atoms with Crippen LogP contribution in [0.15, 0.2) is 30.5 Å². The van der Waals surface area contributed by atoms with Gasteiger partial charge < -0.3 is 9.67 Å². The molecule has 32 heavy (non-hydrogen) atoms. The van der Waals surface area contributed by atoms with Crippen molar-refractivity contribution >= 4 is 22.7 Å². The standard InChI is InChI=1S/C27H34N2O3/c30-26(27(31)32)24-16-28(25-10-2-1-9-23(24)25)21-14-19-7-4-8-20(15-21)29(19)22-12-17-5-3-6-18(11-17)13-22/h1-2,9-10,16-22H,3-8,11-15H2,(H,31,32)/t17-,18+,19-,20+,21+,22+. The van der Waals surface area contributed by atoms with E-state index >= 15 is 0 Å². The van der Waals surface area contributed by atoms with Gasteiger partial charge in [0, 0.05) is 41.3 Å². The number of rotatable bonds is 4. The molecular weight excluding hydrogens is 400 g/mol. The summed E-state index contributed by atoms with van der Waals surface area (Å²) in [6.07, 6.45) is 16.5. The minimum absolute atomic E-state index is 0.334. The maximum atomic E-state index is 12.4. The molecule has 1 N–H and O–H groups in total. The molecule has 2 saturated carbocycles. The number of benzene rings is 1. The highest BCUT2D eigenvalue weighted by Crippen LogP contribution is 2.48. The first-order valence-corrected chi connectivity index (χ1v) is 12.7. The van der Waals surface area contributed by atoms with Gasteiger partial charge in [-0.05, 0) is 62.8 Å². The second-order valence-corrected chi connectivity index (χ2v) is 10.9. The zero-order valence-corrected chi connectivity index (χ0v) is 18.8. The van der Waals surface area contributed by atoms with Gasteiger partial charge in [-0.15, -0.1) is 0 Å². The van der Waals surface area contributed by atoms with Gasteiger partial charge in [-0.1, -0.05) is 43.9 Å². The van der Waals surface area contributed by atoms with Crippen molar-refractivity contribution in [1.82, 2.24) is 9.47 Å². The van der Waals surface area contributed by atoms with Crippen molar-refractivity contribution in [3.8, 4) is 0 Å². The zero-order chi connectivity index (χ0) is 21.8. The summed E-state index contributed by atoms with van der Waals surface area (Å²) < 4.78 is 2.24. The van der Waals surface area contributed by atoms with Gasteiger partial charge in [0.15, 0.2) is 0 Å². The summed E-state index contributed by atoms with van der Waals surface area (Å²) in [4.78, 5) is 26.8. The normalized spacial score (nSPS) is 35.0. The van der Waals surface area contributed by atoms with Gasteiger partial charge in [0.2, 0.25) is 0 Å². The van der Waals surface area contributed by atoms with Crippen molar-refractivity contribution in [3.05, 3.63) is 36.0 Å². The third-order valence-corrected chi connectivity index (χ3v) is 9.10. The Morgan fingerprint density at radius 2 is 1.44 bits per heavy atom. The topological polar surface area (TPSA) is 62.5 Å². The molecule has 0 amide bonds. The van der Waals surface area contributed by atoms with Crippen LogP contribution in [0.3, 0.4) is 0 Å². The SMILES string of the molecule is O=C(O)C(=O)c1cn([C@H]2C[C@H]3CCC[C@@H](C2)N3[C@H]2C[C@@H]3CCC[C@@H](C3)C2)c2ccccc12. The molecule has 5 heteroatoms. The number of piperidine rings is 2. The molecule has 6 atom stereocenters. The van der Waals surface area contributed by atoms with E-state index in [1.807, 2.05) is 30.5 Å². The Labute approximate surface area is 189 Å². The van der Waals surface area contributed by atoms with Crippen molar-refractivity contribution in [2.45, 2.75) is 94.8 Å². The summed E-state index contributed by atoms with van der Waals surface area (Å²) in [6, 6.07) is 10.2.